The van der Waals surface area contributed by atoms with Gasteiger partial charge < -0.3 is 10.4 Å². The molecule has 0 radical (unpaired) electrons. The largest absolute Gasteiger partial charge is 0.481 e. The van der Waals surface area contributed by atoms with Gasteiger partial charge in [0.15, 0.2) is 0 Å². The van der Waals surface area contributed by atoms with Crippen molar-refractivity contribution in [2.24, 2.45) is 23.7 Å². The van der Waals surface area contributed by atoms with Crippen LogP contribution in [-0.4, -0.2) is 17.0 Å². The zero-order valence-electron chi connectivity index (χ0n) is 12.2. The highest BCUT2D eigenvalue weighted by Gasteiger charge is 2.51. The Labute approximate surface area is 140 Å². The van der Waals surface area contributed by atoms with Crippen LogP contribution in [0.5, 0.6) is 0 Å². The molecule has 4 unspecified atom stereocenters. The highest BCUT2D eigenvalue weighted by atomic mass is 35.5. The van der Waals surface area contributed by atoms with Gasteiger partial charge in [0.1, 0.15) is 0 Å². The van der Waals surface area contributed by atoms with Gasteiger partial charge in [0, 0.05) is 5.69 Å². The van der Waals surface area contributed by atoms with E-state index in [0.29, 0.717) is 6.42 Å². The van der Waals surface area contributed by atoms with E-state index in [1.807, 2.05) is 0 Å². The van der Waals surface area contributed by atoms with Crippen LogP contribution in [0, 0.1) is 23.7 Å². The van der Waals surface area contributed by atoms with Crippen molar-refractivity contribution in [2.45, 2.75) is 12.6 Å². The molecule has 1 aromatic carbocycles. The van der Waals surface area contributed by atoms with Crippen LogP contribution < -0.4 is 5.32 Å². The van der Waals surface area contributed by atoms with E-state index in [1.54, 1.807) is 12.2 Å². The molecule has 2 aliphatic rings. The molecule has 1 aromatic rings. The molecule has 0 aliphatic heterocycles. The molecule has 3 rings (SSSR count). The number of halogens is 4. The van der Waals surface area contributed by atoms with E-state index in [2.05, 4.69) is 5.32 Å². The summed E-state index contributed by atoms with van der Waals surface area (Å²) in [6.07, 6.45) is -0.477. The Kier molecular flexibility index (Phi) is 4.07. The number of allylic oxidation sites excluding steroid dienone is 2. The summed E-state index contributed by atoms with van der Waals surface area (Å²) in [6, 6.07) is 3.06. The predicted molar refractivity (Wildman–Crippen MR) is 80.4 cm³/mol. The van der Waals surface area contributed by atoms with Crippen molar-refractivity contribution >= 4 is 29.2 Å². The van der Waals surface area contributed by atoms with Gasteiger partial charge in [0.2, 0.25) is 5.91 Å². The van der Waals surface area contributed by atoms with Crippen LogP contribution in [0.2, 0.25) is 5.02 Å². The minimum absolute atomic E-state index is 0.0624. The lowest BCUT2D eigenvalue weighted by molar-refractivity contribution is -0.146. The number of benzene rings is 1. The number of carboxylic acids is 1. The first-order valence-electron chi connectivity index (χ1n) is 7.27. The molecule has 4 nitrogen and oxygen atoms in total. The standard InChI is InChI=1S/C16H13ClF3NO3/c17-11-4-3-9(6-10(11)16(18,19)20)21-14(22)12-7-1-2-8(5-7)13(12)15(23)24/h1-4,6-8,12-13H,5H2,(H,21,22)(H,23,24). The molecule has 2 N–H and O–H groups in total. The molecule has 1 saturated carbocycles. The highest BCUT2D eigenvalue weighted by molar-refractivity contribution is 6.31. The van der Waals surface area contributed by atoms with Gasteiger partial charge in [-0.05, 0) is 36.5 Å². The monoisotopic (exact) mass is 359 g/mol. The third-order valence-electron chi connectivity index (χ3n) is 4.59. The minimum Gasteiger partial charge on any atom is -0.481 e. The zero-order valence-corrected chi connectivity index (χ0v) is 12.9. The number of hydrogen-bond acceptors (Lipinski definition) is 2. The van der Waals surface area contributed by atoms with Crippen LogP contribution in [-0.2, 0) is 15.8 Å². The topological polar surface area (TPSA) is 66.4 Å². The Morgan fingerprint density at radius 2 is 1.79 bits per heavy atom. The van der Waals surface area contributed by atoms with E-state index in [4.69, 9.17) is 11.6 Å². The van der Waals surface area contributed by atoms with Gasteiger partial charge in [-0.3, -0.25) is 9.59 Å². The van der Waals surface area contributed by atoms with Crippen molar-refractivity contribution in [3.63, 3.8) is 0 Å². The third kappa shape index (κ3) is 2.88. The maximum absolute atomic E-state index is 12.9. The summed E-state index contributed by atoms with van der Waals surface area (Å²) in [4.78, 5) is 23.9. The summed E-state index contributed by atoms with van der Waals surface area (Å²) in [5.74, 6) is -3.71. The van der Waals surface area contributed by atoms with Crippen molar-refractivity contribution in [3.8, 4) is 0 Å². The van der Waals surface area contributed by atoms with Gasteiger partial charge in [0.05, 0.1) is 22.4 Å². The molecule has 128 valence electrons. The maximum Gasteiger partial charge on any atom is 0.417 e. The first kappa shape index (κ1) is 16.8. The van der Waals surface area contributed by atoms with Crippen molar-refractivity contribution in [2.75, 3.05) is 5.32 Å². The number of alkyl halides is 3. The average Bonchev–Trinajstić information content (AvgIpc) is 3.08. The third-order valence-corrected chi connectivity index (χ3v) is 4.92. The fraction of sp³-hybridized carbons (Fsp3) is 0.375. The number of nitrogens with one attached hydrogen (secondary N) is 1. The number of carbonyl (C=O) groups is 2. The normalized spacial score (nSPS) is 28.2. The first-order chi connectivity index (χ1) is 11.2. The molecule has 4 atom stereocenters. The number of carbonyl (C=O) groups excluding carboxylic acids is 1. The second kappa shape index (κ2) is 5.81. The minimum atomic E-state index is -4.64. The quantitative estimate of drug-likeness (QED) is 0.806. The molecule has 24 heavy (non-hydrogen) atoms. The molecule has 2 aliphatic carbocycles. The lowest BCUT2D eigenvalue weighted by Crippen LogP contribution is -2.36. The fourth-order valence-corrected chi connectivity index (χ4v) is 3.79. The summed E-state index contributed by atoms with van der Waals surface area (Å²) >= 11 is 5.54. The smallest absolute Gasteiger partial charge is 0.417 e. The molecular formula is C16H13ClF3NO3. The Morgan fingerprint density at radius 1 is 1.17 bits per heavy atom. The van der Waals surface area contributed by atoms with Crippen LogP contribution in [0.4, 0.5) is 18.9 Å². The van der Waals surface area contributed by atoms with Gasteiger partial charge in [-0.25, -0.2) is 0 Å². The van der Waals surface area contributed by atoms with Crippen LogP contribution in [0.25, 0.3) is 0 Å². The number of hydrogen-bond donors (Lipinski definition) is 2. The molecule has 8 heteroatoms. The first-order valence-corrected chi connectivity index (χ1v) is 7.65. The van der Waals surface area contributed by atoms with Crippen LogP contribution in [0.15, 0.2) is 30.4 Å². The summed E-state index contributed by atoms with van der Waals surface area (Å²) in [7, 11) is 0. The van der Waals surface area contributed by atoms with Gasteiger partial charge in [0.25, 0.3) is 0 Å². The lowest BCUT2D eigenvalue weighted by Gasteiger charge is -2.24. The van der Waals surface area contributed by atoms with Crippen molar-refractivity contribution < 1.29 is 27.9 Å². The molecule has 1 amide bonds. The summed E-state index contributed by atoms with van der Waals surface area (Å²) in [5.41, 5.74) is -1.11. The van der Waals surface area contributed by atoms with Crippen LogP contribution in [0.1, 0.15) is 12.0 Å². The van der Waals surface area contributed by atoms with Gasteiger partial charge >= 0.3 is 12.1 Å². The molecular weight excluding hydrogens is 347 g/mol. The zero-order chi connectivity index (χ0) is 17.6. The maximum atomic E-state index is 12.9. The van der Waals surface area contributed by atoms with Crippen molar-refractivity contribution in [1.82, 2.24) is 0 Å². The van der Waals surface area contributed by atoms with Gasteiger partial charge in [-0.15, -0.1) is 0 Å². The number of rotatable bonds is 3. The van der Waals surface area contributed by atoms with Crippen molar-refractivity contribution in [3.05, 3.63) is 40.9 Å². The van der Waals surface area contributed by atoms with Crippen LogP contribution >= 0.6 is 11.6 Å². The second-order valence-corrected chi connectivity index (χ2v) is 6.43. The van der Waals surface area contributed by atoms with E-state index in [9.17, 15) is 27.9 Å². The molecule has 2 bridgehead atoms. The summed E-state index contributed by atoms with van der Waals surface area (Å²) in [6.45, 7) is 0. The Bertz CT molecular complexity index is 732. The average molecular weight is 360 g/mol. The van der Waals surface area contributed by atoms with E-state index in [1.165, 1.54) is 6.07 Å². The lowest BCUT2D eigenvalue weighted by atomic mass is 9.82. The van der Waals surface area contributed by atoms with E-state index in [0.717, 1.165) is 12.1 Å². The molecule has 0 spiro atoms. The fourth-order valence-electron chi connectivity index (χ4n) is 3.56. The Morgan fingerprint density at radius 3 is 2.38 bits per heavy atom. The van der Waals surface area contributed by atoms with Gasteiger partial charge in [-0.1, -0.05) is 23.8 Å². The highest BCUT2D eigenvalue weighted by Crippen LogP contribution is 2.48. The predicted octanol–water partition coefficient (Wildman–Crippen LogP) is 3.82. The Hall–Kier alpha value is -2.02. The molecule has 0 saturated heterocycles. The second-order valence-electron chi connectivity index (χ2n) is 6.02. The van der Waals surface area contributed by atoms with E-state index in [-0.39, 0.29) is 17.5 Å². The molecule has 0 aromatic heterocycles. The van der Waals surface area contributed by atoms with E-state index < -0.39 is 40.5 Å². The number of anilines is 1. The molecule has 0 heterocycles. The number of fused-ring (bicyclic) bond motifs is 2. The molecule has 1 fully saturated rings. The number of amides is 1. The number of aliphatic carboxylic acids is 1. The summed E-state index contributed by atoms with van der Waals surface area (Å²) in [5, 5.41) is 11.3. The summed E-state index contributed by atoms with van der Waals surface area (Å²) < 4.78 is 38.6. The van der Waals surface area contributed by atoms with Crippen LogP contribution in [0.3, 0.4) is 0 Å². The Balaban J connectivity index is 1.83. The SMILES string of the molecule is O=C(O)C1C2C=CC(C2)C1C(=O)Nc1ccc(Cl)c(C(F)(F)F)c1. The van der Waals surface area contributed by atoms with E-state index >= 15 is 0 Å². The van der Waals surface area contributed by atoms with Gasteiger partial charge in [-0.2, -0.15) is 13.2 Å². The number of carboxylic acid groups (broad SMARTS) is 1. The van der Waals surface area contributed by atoms with Crippen molar-refractivity contribution in [1.29, 1.82) is 0 Å².